The Kier molecular flexibility index (Phi) is 5.28. The normalized spacial score (nSPS) is 15.2. The van der Waals surface area contributed by atoms with Gasteiger partial charge in [0.15, 0.2) is 0 Å². The molecule has 0 aliphatic carbocycles. The Labute approximate surface area is 128 Å². The fraction of sp³-hybridized carbons (Fsp3) is 0.462. The van der Waals surface area contributed by atoms with E-state index in [4.69, 9.17) is 23.8 Å². The molecular weight excluding hydrogens is 298 g/mol. The van der Waals surface area contributed by atoms with Crippen LogP contribution in [0.3, 0.4) is 0 Å². The highest BCUT2D eigenvalue weighted by atomic mass is 35.5. The molecule has 0 atom stereocenters. The van der Waals surface area contributed by atoms with Gasteiger partial charge >= 0.3 is 0 Å². The zero-order valence-electron chi connectivity index (χ0n) is 11.0. The second kappa shape index (κ2) is 6.97. The van der Waals surface area contributed by atoms with Crippen LogP contribution < -0.4 is 5.32 Å². The summed E-state index contributed by atoms with van der Waals surface area (Å²) >= 11 is 11.0. The van der Waals surface area contributed by atoms with Gasteiger partial charge in [0.1, 0.15) is 4.99 Å². The smallest absolute Gasteiger partial charge is 0.281 e. The van der Waals surface area contributed by atoms with Gasteiger partial charge in [0.2, 0.25) is 0 Å². The summed E-state index contributed by atoms with van der Waals surface area (Å²) in [6, 6.07) is 4.52. The molecule has 1 aliphatic heterocycles. The average molecular weight is 314 g/mol. The summed E-state index contributed by atoms with van der Waals surface area (Å²) in [4.78, 5) is 13.3. The van der Waals surface area contributed by atoms with E-state index in [0.29, 0.717) is 22.1 Å². The minimum atomic E-state index is -0.463. The van der Waals surface area contributed by atoms with Crippen molar-refractivity contribution in [1.82, 2.24) is 10.2 Å². The first-order chi connectivity index (χ1) is 9.58. The number of thiocarbonyl (C=S) groups is 1. The van der Waals surface area contributed by atoms with E-state index in [1.807, 2.05) is 0 Å². The van der Waals surface area contributed by atoms with Gasteiger partial charge in [0.05, 0.1) is 10.5 Å². The third-order valence-electron chi connectivity index (χ3n) is 3.31. The van der Waals surface area contributed by atoms with Gasteiger partial charge in [0, 0.05) is 24.2 Å². The molecule has 1 N–H and O–H groups in total. The maximum Gasteiger partial charge on any atom is 0.281 e. The van der Waals surface area contributed by atoms with Crippen molar-refractivity contribution >= 4 is 34.5 Å². The second-order valence-corrected chi connectivity index (χ2v) is 5.57. The number of hydrogen-bond acceptors (Lipinski definition) is 4. The van der Waals surface area contributed by atoms with E-state index in [1.54, 1.807) is 12.1 Å². The lowest BCUT2D eigenvalue weighted by Gasteiger charge is -2.15. The fourth-order valence-corrected chi connectivity index (χ4v) is 2.72. The van der Waals surface area contributed by atoms with Crippen molar-refractivity contribution in [3.63, 3.8) is 0 Å². The fourth-order valence-electron chi connectivity index (χ4n) is 2.28. The number of rotatable bonds is 5. The topological polar surface area (TPSA) is 58.4 Å². The zero-order chi connectivity index (χ0) is 14.5. The van der Waals surface area contributed by atoms with E-state index in [0.717, 1.165) is 19.6 Å². The Balaban J connectivity index is 1.96. The third-order valence-corrected chi connectivity index (χ3v) is 3.91. The highest BCUT2D eigenvalue weighted by molar-refractivity contribution is 7.80. The number of benzene rings is 1. The van der Waals surface area contributed by atoms with Crippen molar-refractivity contribution in [2.75, 3.05) is 26.2 Å². The summed E-state index contributed by atoms with van der Waals surface area (Å²) in [7, 11) is 0. The summed E-state index contributed by atoms with van der Waals surface area (Å²) in [5.41, 5.74) is 0.354. The minimum absolute atomic E-state index is 0.0591. The molecule has 5 nitrogen and oxygen atoms in total. The molecule has 0 bridgehead atoms. The molecule has 1 aromatic rings. The molecule has 0 saturated carbocycles. The maximum atomic E-state index is 11.0. The van der Waals surface area contributed by atoms with Crippen LogP contribution in [0.5, 0.6) is 0 Å². The molecule has 20 heavy (non-hydrogen) atoms. The van der Waals surface area contributed by atoms with Crippen molar-refractivity contribution in [3.05, 3.63) is 38.9 Å². The predicted molar refractivity (Wildman–Crippen MR) is 83.5 cm³/mol. The molecule has 108 valence electrons. The van der Waals surface area contributed by atoms with Gasteiger partial charge in [0.25, 0.3) is 5.69 Å². The van der Waals surface area contributed by atoms with E-state index >= 15 is 0 Å². The summed E-state index contributed by atoms with van der Waals surface area (Å²) in [5.74, 6) is 0. The first-order valence-electron chi connectivity index (χ1n) is 6.52. The van der Waals surface area contributed by atoms with Crippen LogP contribution in [0.15, 0.2) is 18.2 Å². The van der Waals surface area contributed by atoms with Crippen LogP contribution in [0.25, 0.3) is 0 Å². The van der Waals surface area contributed by atoms with Gasteiger partial charge in [-0.15, -0.1) is 0 Å². The molecule has 1 heterocycles. The van der Waals surface area contributed by atoms with E-state index in [1.165, 1.54) is 18.9 Å². The number of nitrogens with one attached hydrogen (secondary N) is 1. The zero-order valence-corrected chi connectivity index (χ0v) is 12.5. The molecular formula is C13H16ClN3O2S. The van der Waals surface area contributed by atoms with Gasteiger partial charge in [-0.2, -0.15) is 0 Å². The van der Waals surface area contributed by atoms with Gasteiger partial charge < -0.3 is 10.2 Å². The molecule has 1 saturated heterocycles. The van der Waals surface area contributed by atoms with Crippen molar-refractivity contribution in [2.45, 2.75) is 12.8 Å². The van der Waals surface area contributed by atoms with E-state index < -0.39 is 4.92 Å². The molecule has 0 unspecified atom stereocenters. The van der Waals surface area contributed by atoms with Crippen LogP contribution in [0.2, 0.25) is 5.02 Å². The van der Waals surface area contributed by atoms with Crippen LogP contribution in [0.1, 0.15) is 18.4 Å². The Bertz CT molecular complexity index is 518. The lowest BCUT2D eigenvalue weighted by molar-refractivity contribution is -0.385. The van der Waals surface area contributed by atoms with Gasteiger partial charge in [-0.3, -0.25) is 10.1 Å². The van der Waals surface area contributed by atoms with Crippen molar-refractivity contribution in [3.8, 4) is 0 Å². The highest BCUT2D eigenvalue weighted by Crippen LogP contribution is 2.23. The second-order valence-electron chi connectivity index (χ2n) is 4.72. The first kappa shape index (κ1) is 15.2. The molecule has 2 rings (SSSR count). The van der Waals surface area contributed by atoms with Crippen molar-refractivity contribution < 1.29 is 4.92 Å². The number of halogens is 1. The summed E-state index contributed by atoms with van der Waals surface area (Å²) in [6.07, 6.45) is 2.49. The lowest BCUT2D eigenvalue weighted by atomic mass is 10.2. The average Bonchev–Trinajstić information content (AvgIpc) is 2.91. The predicted octanol–water partition coefficient (Wildman–Crippen LogP) is 2.61. The highest BCUT2D eigenvalue weighted by Gasteiger charge is 2.18. The Morgan fingerprint density at radius 3 is 2.80 bits per heavy atom. The van der Waals surface area contributed by atoms with Crippen molar-refractivity contribution in [1.29, 1.82) is 0 Å². The van der Waals surface area contributed by atoms with Gasteiger partial charge in [-0.05, 0) is 38.1 Å². The molecule has 7 heteroatoms. The SMILES string of the molecule is O=[N+]([O-])c1cc(Cl)ccc1C(=S)NCCN1CCCC1. The molecule has 1 fully saturated rings. The summed E-state index contributed by atoms with van der Waals surface area (Å²) in [6.45, 7) is 3.84. The summed E-state index contributed by atoms with van der Waals surface area (Å²) in [5, 5.41) is 14.4. The lowest BCUT2D eigenvalue weighted by Crippen LogP contribution is -2.33. The molecule has 0 radical (unpaired) electrons. The van der Waals surface area contributed by atoms with Crippen LogP contribution in [0.4, 0.5) is 5.69 Å². The van der Waals surface area contributed by atoms with Gasteiger partial charge in [-0.1, -0.05) is 23.8 Å². The Morgan fingerprint density at radius 1 is 1.45 bits per heavy atom. The Morgan fingerprint density at radius 2 is 2.15 bits per heavy atom. The van der Waals surface area contributed by atoms with Gasteiger partial charge in [-0.25, -0.2) is 0 Å². The number of nitrogens with zero attached hydrogens (tertiary/aromatic N) is 2. The number of nitro benzene ring substituents is 1. The monoisotopic (exact) mass is 313 g/mol. The largest absolute Gasteiger partial charge is 0.374 e. The van der Waals surface area contributed by atoms with E-state index in [9.17, 15) is 10.1 Å². The number of likely N-dealkylation sites (tertiary alicyclic amines) is 1. The molecule has 0 amide bonds. The van der Waals surface area contributed by atoms with Crippen LogP contribution >= 0.6 is 23.8 Å². The van der Waals surface area contributed by atoms with Crippen LogP contribution in [-0.2, 0) is 0 Å². The first-order valence-corrected chi connectivity index (χ1v) is 7.31. The summed E-state index contributed by atoms with van der Waals surface area (Å²) < 4.78 is 0. The molecule has 1 aliphatic rings. The standard InChI is InChI=1S/C13H16ClN3O2S/c14-10-3-4-11(12(9-10)17(18)19)13(20)15-5-8-16-6-1-2-7-16/h3-4,9H,1-2,5-8H2,(H,15,20). The number of hydrogen-bond donors (Lipinski definition) is 1. The quantitative estimate of drug-likeness (QED) is 0.514. The van der Waals surface area contributed by atoms with E-state index in [-0.39, 0.29) is 5.69 Å². The van der Waals surface area contributed by atoms with E-state index in [2.05, 4.69) is 10.2 Å². The van der Waals surface area contributed by atoms with Crippen molar-refractivity contribution in [2.24, 2.45) is 0 Å². The third kappa shape index (κ3) is 3.88. The Hall–Kier alpha value is -1.24. The van der Waals surface area contributed by atoms with Crippen LogP contribution in [-0.4, -0.2) is 41.0 Å². The van der Waals surface area contributed by atoms with Crippen LogP contribution in [0, 0.1) is 10.1 Å². The molecule has 0 spiro atoms. The minimum Gasteiger partial charge on any atom is -0.374 e. The molecule has 0 aromatic heterocycles. The maximum absolute atomic E-state index is 11.0. The molecule has 1 aromatic carbocycles. The number of nitro groups is 1.